The molecule has 0 spiro atoms. The Labute approximate surface area is 158 Å². The second-order valence-electron chi connectivity index (χ2n) is 5.78. The second kappa shape index (κ2) is 7.42. The molecule has 0 aliphatic carbocycles. The maximum atomic E-state index is 12.5. The Balaban J connectivity index is 1.54. The summed E-state index contributed by atoms with van der Waals surface area (Å²) in [6.07, 6.45) is 0. The van der Waals surface area contributed by atoms with Gasteiger partial charge in [-0.15, -0.1) is 5.10 Å². The van der Waals surface area contributed by atoms with E-state index in [9.17, 15) is 14.4 Å². The van der Waals surface area contributed by atoms with Gasteiger partial charge < -0.3 is 16.0 Å². The zero-order valence-electron chi connectivity index (χ0n) is 14.2. The van der Waals surface area contributed by atoms with Crippen LogP contribution in [0.3, 0.4) is 0 Å². The van der Waals surface area contributed by atoms with Gasteiger partial charge in [0, 0.05) is 18.0 Å². The van der Waals surface area contributed by atoms with E-state index in [-0.39, 0.29) is 24.9 Å². The third-order valence-electron chi connectivity index (χ3n) is 3.87. The maximum Gasteiger partial charge on any atom is 0.265 e. The summed E-state index contributed by atoms with van der Waals surface area (Å²) in [4.78, 5) is 38.2. The van der Waals surface area contributed by atoms with Crippen LogP contribution in [0.25, 0.3) is 0 Å². The van der Waals surface area contributed by atoms with Gasteiger partial charge in [0.1, 0.15) is 4.88 Å². The predicted octanol–water partition coefficient (Wildman–Crippen LogP) is 1.20. The van der Waals surface area contributed by atoms with Crippen LogP contribution in [0.5, 0.6) is 0 Å². The summed E-state index contributed by atoms with van der Waals surface area (Å²) >= 11 is 2.23. The average molecular weight is 391 g/mol. The molecule has 136 valence electrons. The Morgan fingerprint density at radius 2 is 1.96 bits per heavy atom. The Bertz CT molecular complexity index is 869. The molecular weight excluding hydrogens is 374 g/mol. The number of thioether (sulfide) groups is 1. The number of para-hydroxylation sites is 1. The van der Waals surface area contributed by atoms with E-state index in [1.165, 1.54) is 11.8 Å². The third kappa shape index (κ3) is 3.56. The monoisotopic (exact) mass is 391 g/mol. The number of hydrogen-bond donors (Lipinski definition) is 3. The van der Waals surface area contributed by atoms with Gasteiger partial charge >= 0.3 is 0 Å². The minimum absolute atomic E-state index is 0.209. The highest BCUT2D eigenvalue weighted by Gasteiger charge is 2.45. The zero-order valence-corrected chi connectivity index (χ0v) is 15.8. The van der Waals surface area contributed by atoms with Gasteiger partial charge in [-0.3, -0.25) is 14.4 Å². The minimum Gasteiger partial charge on any atom is -0.353 e. The van der Waals surface area contributed by atoms with Gasteiger partial charge in [-0.2, -0.15) is 0 Å². The zero-order chi connectivity index (χ0) is 18.7. The molecule has 2 aromatic rings. The van der Waals surface area contributed by atoms with Crippen molar-refractivity contribution < 1.29 is 14.4 Å². The van der Waals surface area contributed by atoms with Crippen molar-refractivity contribution >= 4 is 46.7 Å². The van der Waals surface area contributed by atoms with E-state index in [1.54, 1.807) is 19.9 Å². The molecule has 0 bridgehead atoms. The first-order valence-corrected chi connectivity index (χ1v) is 9.46. The third-order valence-corrected chi connectivity index (χ3v) is 6.05. The molecule has 1 aromatic carbocycles. The van der Waals surface area contributed by atoms with E-state index >= 15 is 0 Å². The van der Waals surface area contributed by atoms with E-state index in [0.717, 1.165) is 16.4 Å². The van der Waals surface area contributed by atoms with Gasteiger partial charge in [0.25, 0.3) is 5.91 Å². The lowest BCUT2D eigenvalue weighted by atomic mass is 10.1. The summed E-state index contributed by atoms with van der Waals surface area (Å²) in [5, 5.41) is 11.9. The molecule has 1 aromatic heterocycles. The Morgan fingerprint density at radius 1 is 1.23 bits per heavy atom. The van der Waals surface area contributed by atoms with Gasteiger partial charge in [-0.05, 0) is 37.5 Å². The highest BCUT2D eigenvalue weighted by molar-refractivity contribution is 8.02. The van der Waals surface area contributed by atoms with Crippen molar-refractivity contribution in [3.05, 3.63) is 34.8 Å². The molecule has 2 heterocycles. The Morgan fingerprint density at radius 3 is 2.69 bits per heavy atom. The second-order valence-corrected chi connectivity index (χ2v) is 8.00. The molecule has 1 atom stereocenters. The van der Waals surface area contributed by atoms with E-state index in [4.69, 9.17) is 0 Å². The van der Waals surface area contributed by atoms with Gasteiger partial charge in [-0.1, -0.05) is 28.4 Å². The molecule has 0 radical (unpaired) electrons. The molecule has 1 unspecified atom stereocenters. The van der Waals surface area contributed by atoms with E-state index in [0.29, 0.717) is 16.3 Å². The normalized spacial score (nSPS) is 18.6. The molecule has 3 N–H and O–H groups in total. The molecule has 1 aliphatic rings. The molecule has 0 saturated heterocycles. The summed E-state index contributed by atoms with van der Waals surface area (Å²) in [7, 11) is 0. The van der Waals surface area contributed by atoms with Crippen LogP contribution in [-0.4, -0.2) is 45.1 Å². The van der Waals surface area contributed by atoms with Crippen LogP contribution in [0.4, 0.5) is 5.69 Å². The van der Waals surface area contributed by atoms with E-state index in [1.807, 2.05) is 18.2 Å². The van der Waals surface area contributed by atoms with Crippen molar-refractivity contribution in [1.82, 2.24) is 20.2 Å². The molecule has 26 heavy (non-hydrogen) atoms. The number of anilines is 1. The Hall–Kier alpha value is -2.46. The summed E-state index contributed by atoms with van der Waals surface area (Å²) < 4.78 is 2.44. The fraction of sp³-hybridized carbons (Fsp3) is 0.312. The van der Waals surface area contributed by atoms with Crippen molar-refractivity contribution in [1.29, 1.82) is 0 Å². The number of aromatic nitrogens is 2. The van der Waals surface area contributed by atoms with Crippen LogP contribution >= 0.6 is 23.3 Å². The number of carbonyl (C=O) groups is 3. The average Bonchev–Trinajstić information content (AvgIpc) is 3.05. The van der Waals surface area contributed by atoms with Crippen molar-refractivity contribution in [3.63, 3.8) is 0 Å². The van der Waals surface area contributed by atoms with Crippen LogP contribution in [0.2, 0.25) is 0 Å². The number of hydrogen-bond acceptors (Lipinski definition) is 7. The van der Waals surface area contributed by atoms with Crippen LogP contribution < -0.4 is 16.0 Å². The van der Waals surface area contributed by atoms with Gasteiger partial charge in [0.2, 0.25) is 11.8 Å². The fourth-order valence-corrected chi connectivity index (χ4v) is 4.05. The quantitative estimate of drug-likeness (QED) is 0.521. The molecule has 8 nitrogen and oxygen atoms in total. The largest absolute Gasteiger partial charge is 0.353 e. The fourth-order valence-electron chi connectivity index (χ4n) is 2.36. The number of aryl methyl sites for hydroxylation is 1. The minimum atomic E-state index is -1.27. The van der Waals surface area contributed by atoms with Gasteiger partial charge in [0.15, 0.2) is 4.75 Å². The summed E-state index contributed by atoms with van der Waals surface area (Å²) in [6, 6.07) is 7.33. The first-order chi connectivity index (χ1) is 12.4. The molecule has 0 saturated carbocycles. The van der Waals surface area contributed by atoms with Crippen LogP contribution in [0, 0.1) is 6.92 Å². The smallest absolute Gasteiger partial charge is 0.265 e. The maximum absolute atomic E-state index is 12.5. The summed E-state index contributed by atoms with van der Waals surface area (Å²) in [5.41, 5.74) is 1.27. The number of carbonyl (C=O) groups excluding carboxylic acids is 3. The first-order valence-electron chi connectivity index (χ1n) is 7.87. The highest BCUT2D eigenvalue weighted by atomic mass is 32.2. The topological polar surface area (TPSA) is 113 Å². The molecule has 3 rings (SSSR count). The van der Waals surface area contributed by atoms with E-state index < -0.39 is 10.7 Å². The summed E-state index contributed by atoms with van der Waals surface area (Å²) in [5.74, 6) is -1.05. The Kier molecular flexibility index (Phi) is 5.23. The van der Waals surface area contributed by atoms with Crippen molar-refractivity contribution in [2.45, 2.75) is 23.5 Å². The van der Waals surface area contributed by atoms with Crippen molar-refractivity contribution in [2.24, 2.45) is 0 Å². The lowest BCUT2D eigenvalue weighted by Crippen LogP contribution is -2.53. The number of amides is 3. The van der Waals surface area contributed by atoms with Crippen molar-refractivity contribution in [3.8, 4) is 0 Å². The first kappa shape index (κ1) is 18.3. The number of nitrogens with zero attached hydrogens (tertiary/aromatic N) is 2. The molecule has 1 aliphatic heterocycles. The standard InChI is InChI=1S/C16H17N5O3S2/c1-9-12(26-21-20-9)13(22)17-7-8-18-14(23)16(2)15(24)19-10-5-3-4-6-11(10)25-16/h3-6H,7-8H2,1-2H3,(H,17,22)(H,18,23)(H,19,24). The molecule has 0 fully saturated rings. The molecule has 10 heteroatoms. The van der Waals surface area contributed by atoms with Gasteiger partial charge in [0.05, 0.1) is 11.4 Å². The summed E-state index contributed by atoms with van der Waals surface area (Å²) in [6.45, 7) is 3.74. The number of nitrogens with one attached hydrogen (secondary N) is 3. The van der Waals surface area contributed by atoms with E-state index in [2.05, 4.69) is 25.5 Å². The highest BCUT2D eigenvalue weighted by Crippen LogP contribution is 2.42. The van der Waals surface area contributed by atoms with Crippen LogP contribution in [0.15, 0.2) is 29.2 Å². The predicted molar refractivity (Wildman–Crippen MR) is 99.3 cm³/mol. The van der Waals surface area contributed by atoms with Crippen molar-refractivity contribution in [2.75, 3.05) is 18.4 Å². The number of benzene rings is 1. The van der Waals surface area contributed by atoms with Crippen LogP contribution in [0.1, 0.15) is 22.3 Å². The van der Waals surface area contributed by atoms with Gasteiger partial charge in [-0.25, -0.2) is 0 Å². The SMILES string of the molecule is Cc1nnsc1C(=O)NCCNC(=O)C1(C)Sc2ccccc2NC1=O. The lowest BCUT2D eigenvalue weighted by Gasteiger charge is -2.31. The molecular formula is C16H17N5O3S2. The molecule has 3 amide bonds. The number of fused-ring (bicyclic) bond motifs is 1. The van der Waals surface area contributed by atoms with Crippen LogP contribution in [-0.2, 0) is 9.59 Å². The lowest BCUT2D eigenvalue weighted by molar-refractivity contribution is -0.129. The number of rotatable bonds is 5.